The van der Waals surface area contributed by atoms with Gasteiger partial charge in [0.25, 0.3) is 0 Å². The number of alkyl carbamates (subject to hydrolysis) is 1. The van der Waals surface area contributed by atoms with Gasteiger partial charge in [0.05, 0.1) is 0 Å². The van der Waals surface area contributed by atoms with Crippen molar-refractivity contribution in [2.45, 2.75) is 116 Å². The van der Waals surface area contributed by atoms with Crippen LogP contribution < -0.4 is 10.6 Å². The SMILES string of the molecule is CCC(C)(C)N(C(=O)C(Cc1ccccc1)NC(=O)OC(C)(C)C)C(C(=O)NC1CCCCC1)c1ccccc1O. The van der Waals surface area contributed by atoms with Crippen molar-refractivity contribution < 1.29 is 24.2 Å². The molecule has 3 amide bonds. The predicted molar refractivity (Wildman–Crippen MR) is 160 cm³/mol. The molecule has 2 aromatic carbocycles. The molecule has 224 valence electrons. The van der Waals surface area contributed by atoms with Gasteiger partial charge in [0.15, 0.2) is 0 Å². The van der Waals surface area contributed by atoms with Crippen molar-refractivity contribution in [1.29, 1.82) is 0 Å². The van der Waals surface area contributed by atoms with Gasteiger partial charge >= 0.3 is 6.09 Å². The Bertz CT molecular complexity index is 1170. The Morgan fingerprint density at radius 2 is 1.56 bits per heavy atom. The zero-order valence-electron chi connectivity index (χ0n) is 25.4. The summed E-state index contributed by atoms with van der Waals surface area (Å²) in [5, 5.41) is 16.9. The largest absolute Gasteiger partial charge is 0.508 e. The van der Waals surface area contributed by atoms with E-state index in [1.807, 2.05) is 51.1 Å². The van der Waals surface area contributed by atoms with E-state index >= 15 is 0 Å². The molecule has 2 unspecified atom stereocenters. The lowest BCUT2D eigenvalue weighted by Crippen LogP contribution is -2.60. The molecule has 1 fully saturated rings. The van der Waals surface area contributed by atoms with Crippen LogP contribution in [0.15, 0.2) is 54.6 Å². The number of phenols is 1. The second-order valence-electron chi connectivity index (χ2n) is 12.6. The van der Waals surface area contributed by atoms with Gasteiger partial charge in [-0.05, 0) is 65.5 Å². The fraction of sp³-hybridized carbons (Fsp3) is 0.545. The van der Waals surface area contributed by atoms with Crippen LogP contribution >= 0.6 is 0 Å². The monoisotopic (exact) mass is 565 g/mol. The maximum atomic E-state index is 14.7. The summed E-state index contributed by atoms with van der Waals surface area (Å²) in [4.78, 5) is 43.3. The van der Waals surface area contributed by atoms with Gasteiger partial charge in [-0.25, -0.2) is 4.79 Å². The summed E-state index contributed by atoms with van der Waals surface area (Å²) >= 11 is 0. The highest BCUT2D eigenvalue weighted by molar-refractivity contribution is 5.93. The van der Waals surface area contributed by atoms with Crippen LogP contribution in [0.1, 0.15) is 97.2 Å². The summed E-state index contributed by atoms with van der Waals surface area (Å²) in [6, 6.07) is 13.9. The van der Waals surface area contributed by atoms with E-state index in [9.17, 15) is 19.5 Å². The van der Waals surface area contributed by atoms with Crippen LogP contribution in [-0.4, -0.2) is 51.1 Å². The molecule has 0 aliphatic heterocycles. The molecule has 0 aromatic heterocycles. The van der Waals surface area contributed by atoms with Crippen molar-refractivity contribution in [2.75, 3.05) is 0 Å². The minimum atomic E-state index is -1.11. The maximum Gasteiger partial charge on any atom is 0.408 e. The molecule has 2 atom stereocenters. The maximum absolute atomic E-state index is 14.7. The lowest BCUT2D eigenvalue weighted by Gasteiger charge is -2.45. The Morgan fingerprint density at radius 1 is 0.951 bits per heavy atom. The number of aromatic hydroxyl groups is 1. The first kappa shape index (κ1) is 32.0. The second kappa shape index (κ2) is 13.9. The van der Waals surface area contributed by atoms with E-state index in [1.54, 1.807) is 43.9 Å². The zero-order chi connectivity index (χ0) is 30.2. The fourth-order valence-electron chi connectivity index (χ4n) is 5.26. The number of phenolic OH excluding ortho intramolecular Hbond substituents is 1. The van der Waals surface area contributed by atoms with Gasteiger partial charge in [-0.2, -0.15) is 0 Å². The highest BCUT2D eigenvalue weighted by Gasteiger charge is 2.44. The van der Waals surface area contributed by atoms with Crippen LogP contribution in [0.3, 0.4) is 0 Å². The van der Waals surface area contributed by atoms with Gasteiger partial charge in [-0.1, -0.05) is 74.7 Å². The van der Waals surface area contributed by atoms with E-state index in [1.165, 1.54) is 6.07 Å². The molecule has 8 heteroatoms. The molecule has 41 heavy (non-hydrogen) atoms. The van der Waals surface area contributed by atoms with Crippen LogP contribution in [0.5, 0.6) is 5.75 Å². The van der Waals surface area contributed by atoms with Crippen molar-refractivity contribution in [3.63, 3.8) is 0 Å². The quantitative estimate of drug-likeness (QED) is 0.326. The number of hydrogen-bond donors (Lipinski definition) is 3. The van der Waals surface area contributed by atoms with E-state index in [0.29, 0.717) is 12.0 Å². The number of benzene rings is 2. The van der Waals surface area contributed by atoms with E-state index in [0.717, 1.165) is 37.7 Å². The number of para-hydroxylation sites is 1. The van der Waals surface area contributed by atoms with E-state index < -0.39 is 35.2 Å². The second-order valence-corrected chi connectivity index (χ2v) is 12.6. The molecule has 1 saturated carbocycles. The number of nitrogens with one attached hydrogen (secondary N) is 2. The van der Waals surface area contributed by atoms with Gasteiger partial charge < -0.3 is 25.4 Å². The minimum absolute atomic E-state index is 0.00583. The Kier molecular flexibility index (Phi) is 10.8. The van der Waals surface area contributed by atoms with E-state index in [2.05, 4.69) is 10.6 Å². The Morgan fingerprint density at radius 3 is 2.15 bits per heavy atom. The lowest BCUT2D eigenvalue weighted by atomic mass is 9.90. The fourth-order valence-corrected chi connectivity index (χ4v) is 5.26. The van der Waals surface area contributed by atoms with Crippen LogP contribution in [-0.2, 0) is 20.7 Å². The van der Waals surface area contributed by atoms with Crippen LogP contribution in [0.2, 0.25) is 0 Å². The molecular weight excluding hydrogens is 518 g/mol. The van der Waals surface area contributed by atoms with E-state index in [4.69, 9.17) is 4.74 Å². The van der Waals surface area contributed by atoms with Crippen molar-refractivity contribution in [1.82, 2.24) is 15.5 Å². The van der Waals surface area contributed by atoms with E-state index in [-0.39, 0.29) is 24.1 Å². The van der Waals surface area contributed by atoms with Crippen molar-refractivity contribution >= 4 is 17.9 Å². The molecule has 1 aliphatic rings. The molecule has 0 saturated heterocycles. The summed E-state index contributed by atoms with van der Waals surface area (Å²) in [6.07, 6.45) is 4.98. The number of carbonyl (C=O) groups is 3. The predicted octanol–water partition coefficient (Wildman–Crippen LogP) is 6.04. The first-order chi connectivity index (χ1) is 19.3. The average molecular weight is 566 g/mol. The molecule has 0 bridgehead atoms. The average Bonchev–Trinajstić information content (AvgIpc) is 2.91. The molecule has 2 aromatic rings. The third-order valence-electron chi connectivity index (χ3n) is 7.72. The minimum Gasteiger partial charge on any atom is -0.508 e. The zero-order valence-corrected chi connectivity index (χ0v) is 25.4. The lowest BCUT2D eigenvalue weighted by molar-refractivity contribution is -0.149. The van der Waals surface area contributed by atoms with Crippen molar-refractivity contribution in [2.24, 2.45) is 0 Å². The van der Waals surface area contributed by atoms with Gasteiger partial charge in [-0.15, -0.1) is 0 Å². The van der Waals surface area contributed by atoms with Gasteiger partial charge in [0, 0.05) is 23.6 Å². The topological polar surface area (TPSA) is 108 Å². The highest BCUT2D eigenvalue weighted by Crippen LogP contribution is 2.36. The highest BCUT2D eigenvalue weighted by atomic mass is 16.6. The van der Waals surface area contributed by atoms with Crippen molar-refractivity contribution in [3.05, 3.63) is 65.7 Å². The first-order valence-electron chi connectivity index (χ1n) is 14.8. The Labute approximate surface area is 244 Å². The number of amides is 3. The molecule has 0 heterocycles. The number of hydrogen-bond acceptors (Lipinski definition) is 5. The Hall–Kier alpha value is -3.55. The normalized spacial score (nSPS) is 15.9. The standard InChI is InChI=1S/C33H47N3O5/c1-7-33(5,6)36(28(25-20-14-15-21-27(25)37)29(38)34-24-18-12-9-13-19-24)30(39)26(22-23-16-10-8-11-17-23)35-31(40)41-32(2,3)4/h8,10-11,14-17,20-21,24,26,28,37H,7,9,12-13,18-19,22H2,1-6H3,(H,34,38)(H,35,40). The number of rotatable bonds is 10. The summed E-state index contributed by atoms with van der Waals surface area (Å²) < 4.78 is 5.52. The van der Waals surface area contributed by atoms with Gasteiger partial charge in [0.2, 0.25) is 11.8 Å². The molecule has 3 rings (SSSR count). The summed E-state index contributed by atoms with van der Waals surface area (Å²) in [7, 11) is 0. The summed E-state index contributed by atoms with van der Waals surface area (Å²) in [5.41, 5.74) is -0.378. The smallest absolute Gasteiger partial charge is 0.408 e. The third kappa shape index (κ3) is 8.97. The first-order valence-corrected chi connectivity index (χ1v) is 14.8. The number of nitrogens with zero attached hydrogens (tertiary/aromatic N) is 1. The van der Waals surface area contributed by atoms with Gasteiger partial charge in [0.1, 0.15) is 23.4 Å². The molecular formula is C33H47N3O5. The third-order valence-corrected chi connectivity index (χ3v) is 7.72. The van der Waals surface area contributed by atoms with Crippen LogP contribution in [0, 0.1) is 0 Å². The van der Waals surface area contributed by atoms with Crippen molar-refractivity contribution in [3.8, 4) is 5.75 Å². The van der Waals surface area contributed by atoms with Crippen LogP contribution in [0.25, 0.3) is 0 Å². The summed E-state index contributed by atoms with van der Waals surface area (Å²) in [5.74, 6) is -0.844. The summed E-state index contributed by atoms with van der Waals surface area (Å²) in [6.45, 7) is 11.0. The molecule has 0 radical (unpaired) electrons. The molecule has 0 spiro atoms. The molecule has 1 aliphatic carbocycles. The Balaban J connectivity index is 2.09. The number of carbonyl (C=O) groups excluding carboxylic acids is 3. The molecule has 8 nitrogen and oxygen atoms in total. The molecule has 3 N–H and O–H groups in total. The van der Waals surface area contributed by atoms with Gasteiger partial charge in [-0.3, -0.25) is 9.59 Å². The van der Waals surface area contributed by atoms with Crippen LogP contribution in [0.4, 0.5) is 4.79 Å². The number of ether oxygens (including phenoxy) is 1.